The number of aliphatic hydroxyl groups is 2. The minimum Gasteiger partial charge on any atom is -0.389 e. The van der Waals surface area contributed by atoms with Crippen LogP contribution < -0.4 is 0 Å². The number of aliphatic hydroxyl groups excluding tert-OH is 1. The van der Waals surface area contributed by atoms with Crippen molar-refractivity contribution in [3.8, 4) is 0 Å². The molecule has 0 amide bonds. The van der Waals surface area contributed by atoms with Gasteiger partial charge in [-0.25, -0.2) is 4.98 Å². The molecule has 1 aromatic heterocycles. The molecule has 2 N–H and O–H groups in total. The third-order valence-electron chi connectivity index (χ3n) is 9.63. The highest BCUT2D eigenvalue weighted by atomic mass is 32.2. The van der Waals surface area contributed by atoms with Crippen molar-refractivity contribution in [1.29, 1.82) is 0 Å². The summed E-state index contributed by atoms with van der Waals surface area (Å²) in [5, 5.41) is 23.0. The quantitative estimate of drug-likeness (QED) is 0.560. The van der Waals surface area contributed by atoms with Gasteiger partial charge in [-0.3, -0.25) is 0 Å². The van der Waals surface area contributed by atoms with Gasteiger partial charge < -0.3 is 14.8 Å². The second-order valence-electron chi connectivity index (χ2n) is 10.8. The fourth-order valence-corrected chi connectivity index (χ4v) is 8.97. The molecule has 5 heteroatoms. The Morgan fingerprint density at radius 3 is 2.69 bits per heavy atom. The molecule has 4 nitrogen and oxygen atoms in total. The minimum atomic E-state index is -0.598. The van der Waals surface area contributed by atoms with E-state index in [1.165, 1.54) is 18.4 Å². The molecule has 1 aromatic rings. The molecule has 4 aliphatic rings. The lowest BCUT2D eigenvalue weighted by atomic mass is 9.46. The molecule has 0 saturated heterocycles. The van der Waals surface area contributed by atoms with E-state index in [-0.39, 0.29) is 16.9 Å². The molecule has 3 fully saturated rings. The number of hydrogen-bond acceptors (Lipinski definition) is 4. The zero-order valence-electron chi connectivity index (χ0n) is 18.1. The summed E-state index contributed by atoms with van der Waals surface area (Å²) in [7, 11) is 2.03. The van der Waals surface area contributed by atoms with Gasteiger partial charge in [0.15, 0.2) is 5.16 Å². The molecule has 5 rings (SSSR count). The number of nitrogens with zero attached hydrogens (tertiary/aromatic N) is 2. The van der Waals surface area contributed by atoms with Crippen molar-refractivity contribution >= 4 is 11.8 Å². The maximum Gasteiger partial charge on any atom is 0.167 e. The Morgan fingerprint density at radius 2 is 1.93 bits per heavy atom. The van der Waals surface area contributed by atoms with Gasteiger partial charge in [-0.05, 0) is 74.5 Å². The zero-order valence-corrected chi connectivity index (χ0v) is 18.9. The third-order valence-corrected chi connectivity index (χ3v) is 10.9. The predicted octanol–water partition coefficient (Wildman–Crippen LogP) is 4.57. The van der Waals surface area contributed by atoms with Gasteiger partial charge in [0.25, 0.3) is 0 Å². The van der Waals surface area contributed by atoms with E-state index in [0.29, 0.717) is 5.92 Å². The van der Waals surface area contributed by atoms with E-state index in [0.717, 1.165) is 61.3 Å². The van der Waals surface area contributed by atoms with Crippen LogP contribution in [0, 0.1) is 28.6 Å². The fourth-order valence-electron chi connectivity index (χ4n) is 7.73. The lowest BCUT2D eigenvalue weighted by Gasteiger charge is -2.59. The van der Waals surface area contributed by atoms with Crippen molar-refractivity contribution in [2.75, 3.05) is 5.75 Å². The summed E-state index contributed by atoms with van der Waals surface area (Å²) in [4.78, 5) is 4.45. The van der Waals surface area contributed by atoms with Crippen LogP contribution in [0.15, 0.2) is 29.2 Å². The number of imidazole rings is 1. The Labute approximate surface area is 179 Å². The monoisotopic (exact) mass is 416 g/mol. The smallest absolute Gasteiger partial charge is 0.167 e. The van der Waals surface area contributed by atoms with Crippen LogP contribution in [0.25, 0.3) is 0 Å². The van der Waals surface area contributed by atoms with Gasteiger partial charge in [0.1, 0.15) is 0 Å². The molecule has 7 atom stereocenters. The first-order chi connectivity index (χ1) is 13.8. The number of aromatic nitrogens is 2. The van der Waals surface area contributed by atoms with Gasteiger partial charge in [0.2, 0.25) is 0 Å². The molecule has 0 unspecified atom stereocenters. The number of allylic oxidation sites excluding steroid dienone is 1. The first-order valence-electron chi connectivity index (χ1n) is 11.5. The summed E-state index contributed by atoms with van der Waals surface area (Å²) in [6.45, 7) is 4.86. The van der Waals surface area contributed by atoms with Crippen LogP contribution in [0.3, 0.4) is 0 Å². The van der Waals surface area contributed by atoms with E-state index >= 15 is 0 Å². The highest BCUT2D eigenvalue weighted by molar-refractivity contribution is 7.99. The van der Waals surface area contributed by atoms with Crippen molar-refractivity contribution < 1.29 is 10.2 Å². The molecule has 4 aliphatic carbocycles. The molecule has 160 valence electrons. The number of thioether (sulfide) groups is 1. The van der Waals surface area contributed by atoms with Gasteiger partial charge >= 0.3 is 0 Å². The van der Waals surface area contributed by atoms with Crippen molar-refractivity contribution in [1.82, 2.24) is 9.55 Å². The van der Waals surface area contributed by atoms with E-state index in [1.807, 2.05) is 24.0 Å². The topological polar surface area (TPSA) is 58.3 Å². The normalized spacial score (nSPS) is 46.6. The summed E-state index contributed by atoms with van der Waals surface area (Å²) in [6, 6.07) is 0. The van der Waals surface area contributed by atoms with Gasteiger partial charge in [0, 0.05) is 30.6 Å². The van der Waals surface area contributed by atoms with Crippen LogP contribution in [-0.2, 0) is 7.05 Å². The van der Waals surface area contributed by atoms with E-state index in [1.54, 1.807) is 11.8 Å². The third kappa shape index (κ3) is 2.90. The van der Waals surface area contributed by atoms with Crippen LogP contribution in [0.4, 0.5) is 0 Å². The van der Waals surface area contributed by atoms with E-state index in [9.17, 15) is 10.2 Å². The first-order valence-corrected chi connectivity index (χ1v) is 12.5. The van der Waals surface area contributed by atoms with Crippen molar-refractivity contribution in [2.24, 2.45) is 35.6 Å². The number of hydrogen-bond donors (Lipinski definition) is 2. The van der Waals surface area contributed by atoms with Gasteiger partial charge in [-0.2, -0.15) is 0 Å². The summed E-state index contributed by atoms with van der Waals surface area (Å²) >= 11 is 1.72. The lowest BCUT2D eigenvalue weighted by molar-refractivity contribution is -0.116. The highest BCUT2D eigenvalue weighted by Gasteiger charge is 2.63. The maximum atomic E-state index is 11.9. The maximum absolute atomic E-state index is 11.9. The molecule has 0 aliphatic heterocycles. The Balaban J connectivity index is 1.38. The SMILES string of the molecule is Cn1ccnc1SC[C@]1(O)CC[C@@H]2[C@@H]3CCC4=C[C@@H](O)CC[C@]4(C)[C@H]3CC[C@@]21C. The van der Waals surface area contributed by atoms with E-state index in [2.05, 4.69) is 24.9 Å². The number of aryl methyl sites for hydroxylation is 1. The average Bonchev–Trinajstić information content (AvgIpc) is 3.22. The molecule has 0 aromatic carbocycles. The molecule has 1 heterocycles. The lowest BCUT2D eigenvalue weighted by Crippen LogP contribution is -2.55. The predicted molar refractivity (Wildman–Crippen MR) is 117 cm³/mol. The Kier molecular flexibility index (Phi) is 4.77. The summed E-state index contributed by atoms with van der Waals surface area (Å²) in [5.41, 5.74) is 1.21. The molecule has 0 radical (unpaired) electrons. The van der Waals surface area contributed by atoms with Gasteiger partial charge in [-0.15, -0.1) is 0 Å². The fraction of sp³-hybridized carbons (Fsp3) is 0.792. The van der Waals surface area contributed by atoms with E-state index in [4.69, 9.17) is 0 Å². The van der Waals surface area contributed by atoms with Crippen LogP contribution in [-0.4, -0.2) is 37.2 Å². The molecule has 29 heavy (non-hydrogen) atoms. The second kappa shape index (κ2) is 6.86. The molecular weight excluding hydrogens is 380 g/mol. The van der Waals surface area contributed by atoms with Crippen LogP contribution in [0.1, 0.15) is 65.2 Å². The largest absolute Gasteiger partial charge is 0.389 e. The number of rotatable bonds is 3. The Morgan fingerprint density at radius 1 is 1.14 bits per heavy atom. The van der Waals surface area contributed by atoms with Gasteiger partial charge in [0.05, 0.1) is 11.7 Å². The summed E-state index contributed by atoms with van der Waals surface area (Å²) in [6.07, 6.45) is 14.6. The van der Waals surface area contributed by atoms with Crippen molar-refractivity contribution in [3.63, 3.8) is 0 Å². The second-order valence-corrected chi connectivity index (χ2v) is 11.7. The zero-order chi connectivity index (χ0) is 20.4. The average molecular weight is 417 g/mol. The number of fused-ring (bicyclic) bond motifs is 5. The Hall–Kier alpha value is -0.780. The molecular formula is C24H36N2O2S. The van der Waals surface area contributed by atoms with Crippen molar-refractivity contribution in [2.45, 2.75) is 82.1 Å². The molecule has 0 bridgehead atoms. The first kappa shape index (κ1) is 20.1. The van der Waals surface area contributed by atoms with Crippen LogP contribution in [0.5, 0.6) is 0 Å². The van der Waals surface area contributed by atoms with Crippen molar-refractivity contribution in [3.05, 3.63) is 24.0 Å². The molecule has 3 saturated carbocycles. The Bertz CT molecular complexity index is 822. The highest BCUT2D eigenvalue weighted by Crippen LogP contribution is 2.68. The van der Waals surface area contributed by atoms with Crippen LogP contribution >= 0.6 is 11.8 Å². The van der Waals surface area contributed by atoms with E-state index < -0.39 is 5.60 Å². The molecule has 0 spiro atoms. The summed E-state index contributed by atoms with van der Waals surface area (Å²) < 4.78 is 2.05. The standard InChI is InChI=1S/C24H36N2O2S/c1-22-9-6-17(27)14-16(22)4-5-18-19(22)7-10-23(2)20(18)8-11-24(23,28)15-29-21-25-12-13-26(21)3/h12-14,17-20,27-28H,4-11,15H2,1-3H3/t17-,18+,19-,20+,22-,23-,24+/m0/s1. The summed E-state index contributed by atoms with van der Waals surface area (Å²) in [5.74, 6) is 2.81. The minimum absolute atomic E-state index is 0.0120. The van der Waals surface area contributed by atoms with Crippen LogP contribution in [0.2, 0.25) is 0 Å². The van der Waals surface area contributed by atoms with Gasteiger partial charge in [-0.1, -0.05) is 37.3 Å².